The van der Waals surface area contributed by atoms with Crippen LogP contribution in [-0.2, 0) is 0 Å². The minimum Gasteiger partial charge on any atom is -0.503 e. The van der Waals surface area contributed by atoms with Crippen molar-refractivity contribution < 1.29 is 14.6 Å². The van der Waals surface area contributed by atoms with Crippen LogP contribution in [0.4, 0.5) is 4.79 Å². The highest BCUT2D eigenvalue weighted by atomic mass is 32.1. The molecule has 150 valence electrons. The van der Waals surface area contributed by atoms with Crippen LogP contribution in [0.15, 0.2) is 64.3 Å². The Morgan fingerprint density at radius 3 is 2.70 bits per heavy atom. The van der Waals surface area contributed by atoms with Gasteiger partial charge in [-0.3, -0.25) is 0 Å². The molecular weight excluding hydrogens is 398 g/mol. The fraction of sp³-hybridized carbons (Fsp3) is 0.174. The van der Waals surface area contributed by atoms with Gasteiger partial charge in [-0.2, -0.15) is 21.6 Å². The second-order valence-electron chi connectivity index (χ2n) is 6.78. The molecule has 0 spiro atoms. The number of nitrogens with zero attached hydrogens (tertiary/aromatic N) is 2. The second-order valence-corrected chi connectivity index (χ2v) is 7.56. The first-order valence-electron chi connectivity index (χ1n) is 9.48. The van der Waals surface area contributed by atoms with E-state index in [1.165, 1.54) is 0 Å². The van der Waals surface area contributed by atoms with E-state index in [9.17, 15) is 15.2 Å². The zero-order valence-electron chi connectivity index (χ0n) is 16.2. The molecule has 0 aliphatic carbocycles. The Bertz CT molecular complexity index is 1130. The van der Waals surface area contributed by atoms with Gasteiger partial charge >= 0.3 is 6.03 Å². The van der Waals surface area contributed by atoms with E-state index in [-0.39, 0.29) is 23.0 Å². The molecule has 0 saturated heterocycles. The third kappa shape index (κ3) is 3.65. The van der Waals surface area contributed by atoms with E-state index in [1.54, 1.807) is 30.4 Å². The van der Waals surface area contributed by atoms with Crippen molar-refractivity contribution >= 4 is 23.1 Å². The van der Waals surface area contributed by atoms with Crippen molar-refractivity contribution in [3.8, 4) is 17.6 Å². The molecule has 1 aliphatic heterocycles. The summed E-state index contributed by atoms with van der Waals surface area (Å²) in [6, 6.07) is 15.9. The third-order valence-electron chi connectivity index (χ3n) is 4.98. The molecule has 2 heterocycles. The van der Waals surface area contributed by atoms with Gasteiger partial charge in [-0.05, 0) is 52.6 Å². The van der Waals surface area contributed by atoms with E-state index in [0.717, 1.165) is 11.1 Å². The molecule has 2 amide bonds. The van der Waals surface area contributed by atoms with E-state index in [1.807, 2.05) is 53.2 Å². The smallest absolute Gasteiger partial charge is 0.341 e. The number of carbonyl (C=O) groups is 1. The molecule has 0 saturated carbocycles. The number of nitrogens with one attached hydrogen (secondary N) is 1. The average Bonchev–Trinajstić information content (AvgIpc) is 3.30. The predicted molar refractivity (Wildman–Crippen MR) is 115 cm³/mol. The number of carbonyl (C=O) groups excluding carboxylic acids is 1. The van der Waals surface area contributed by atoms with Crippen molar-refractivity contribution in [1.29, 1.82) is 5.26 Å². The van der Waals surface area contributed by atoms with Crippen LogP contribution in [-0.4, -0.2) is 23.5 Å². The van der Waals surface area contributed by atoms with Gasteiger partial charge in [-0.25, -0.2) is 4.79 Å². The van der Waals surface area contributed by atoms with Crippen LogP contribution in [0.1, 0.15) is 41.1 Å². The van der Waals surface area contributed by atoms with E-state index in [4.69, 9.17) is 4.74 Å². The standard InChI is InChI=1S/C23H19N3O3S/c1-2-29-18-11-16(10-17(12-24)22(18)27)21-19(15-8-9-30-13-15)20(25-23(28)26-21)14-6-4-3-5-7-14/h3-11,13,19,21,27H,2H2,1H3,(H,26,28). The van der Waals surface area contributed by atoms with Crippen molar-refractivity contribution in [1.82, 2.24) is 5.32 Å². The first-order chi connectivity index (χ1) is 14.6. The molecule has 6 nitrogen and oxygen atoms in total. The minimum absolute atomic E-state index is 0.0954. The highest BCUT2D eigenvalue weighted by molar-refractivity contribution is 7.08. The van der Waals surface area contributed by atoms with Gasteiger partial charge in [-0.15, -0.1) is 0 Å². The topological polar surface area (TPSA) is 94.7 Å². The van der Waals surface area contributed by atoms with E-state index < -0.39 is 12.1 Å². The number of hydrogen-bond acceptors (Lipinski definition) is 5. The molecule has 7 heteroatoms. The monoisotopic (exact) mass is 417 g/mol. The molecule has 4 rings (SSSR count). The van der Waals surface area contributed by atoms with Gasteiger partial charge in [0.1, 0.15) is 6.07 Å². The Balaban J connectivity index is 1.89. The maximum atomic E-state index is 12.5. The van der Waals surface area contributed by atoms with Crippen molar-refractivity contribution in [3.05, 3.63) is 81.5 Å². The Morgan fingerprint density at radius 2 is 2.03 bits per heavy atom. The number of thiophene rings is 1. The van der Waals surface area contributed by atoms with Crippen LogP contribution >= 0.6 is 11.3 Å². The molecule has 0 bridgehead atoms. The molecule has 30 heavy (non-hydrogen) atoms. The summed E-state index contributed by atoms with van der Waals surface area (Å²) >= 11 is 1.57. The number of rotatable bonds is 5. The maximum absolute atomic E-state index is 12.5. The summed E-state index contributed by atoms with van der Waals surface area (Å²) in [6.45, 7) is 2.14. The fourth-order valence-electron chi connectivity index (χ4n) is 3.68. The lowest BCUT2D eigenvalue weighted by Crippen LogP contribution is -2.39. The van der Waals surface area contributed by atoms with Crippen LogP contribution < -0.4 is 10.1 Å². The summed E-state index contributed by atoms with van der Waals surface area (Å²) in [5.41, 5.74) is 3.29. The van der Waals surface area contributed by atoms with Gasteiger partial charge in [0.05, 0.1) is 29.8 Å². The van der Waals surface area contributed by atoms with Crippen LogP contribution in [0.5, 0.6) is 11.5 Å². The lowest BCUT2D eigenvalue weighted by Gasteiger charge is -2.33. The summed E-state index contributed by atoms with van der Waals surface area (Å²) in [5, 5.41) is 26.8. The SMILES string of the molecule is CCOc1cc(C2NC(=O)N=C(c3ccccc3)C2c2ccsc2)cc(C#N)c1O. The average molecular weight is 417 g/mol. The number of urea groups is 1. The molecule has 3 aromatic rings. The maximum Gasteiger partial charge on any atom is 0.341 e. The summed E-state index contributed by atoms with van der Waals surface area (Å²) in [6.07, 6.45) is 0. The highest BCUT2D eigenvalue weighted by Crippen LogP contribution is 2.41. The molecule has 2 unspecified atom stereocenters. The van der Waals surface area contributed by atoms with Crippen molar-refractivity contribution in [2.75, 3.05) is 6.61 Å². The Labute approximate surface area is 178 Å². The van der Waals surface area contributed by atoms with Crippen molar-refractivity contribution in [2.24, 2.45) is 4.99 Å². The molecule has 2 aromatic carbocycles. The van der Waals surface area contributed by atoms with Crippen LogP contribution in [0.2, 0.25) is 0 Å². The number of aliphatic imine (C=N–C) groups is 1. The lowest BCUT2D eigenvalue weighted by atomic mass is 9.80. The van der Waals surface area contributed by atoms with Crippen molar-refractivity contribution in [2.45, 2.75) is 18.9 Å². The van der Waals surface area contributed by atoms with Gasteiger partial charge in [-0.1, -0.05) is 30.3 Å². The molecule has 0 radical (unpaired) electrons. The number of amides is 2. The van der Waals surface area contributed by atoms with Crippen molar-refractivity contribution in [3.63, 3.8) is 0 Å². The van der Waals surface area contributed by atoms with Crippen LogP contribution in [0.3, 0.4) is 0 Å². The van der Waals surface area contributed by atoms with Gasteiger partial charge in [0.2, 0.25) is 0 Å². The zero-order chi connectivity index (χ0) is 21.1. The van der Waals surface area contributed by atoms with Crippen LogP contribution in [0, 0.1) is 11.3 Å². The highest BCUT2D eigenvalue weighted by Gasteiger charge is 2.36. The Kier molecular flexibility index (Phi) is 5.50. The van der Waals surface area contributed by atoms with Gasteiger partial charge in [0.15, 0.2) is 11.5 Å². The first-order valence-corrected chi connectivity index (χ1v) is 10.4. The lowest BCUT2D eigenvalue weighted by molar-refractivity contribution is 0.243. The second kappa shape index (κ2) is 8.39. The number of nitriles is 1. The molecule has 0 fully saturated rings. The zero-order valence-corrected chi connectivity index (χ0v) is 17.0. The van der Waals surface area contributed by atoms with E-state index in [0.29, 0.717) is 17.9 Å². The summed E-state index contributed by atoms with van der Waals surface area (Å²) in [5.74, 6) is -0.246. The molecule has 2 atom stereocenters. The van der Waals surface area contributed by atoms with Crippen LogP contribution in [0.25, 0.3) is 0 Å². The van der Waals surface area contributed by atoms with Gasteiger partial charge in [0.25, 0.3) is 0 Å². The summed E-state index contributed by atoms with van der Waals surface area (Å²) < 4.78 is 5.53. The summed E-state index contributed by atoms with van der Waals surface area (Å²) in [4.78, 5) is 16.8. The quantitative estimate of drug-likeness (QED) is 0.626. The molecule has 1 aliphatic rings. The third-order valence-corrected chi connectivity index (χ3v) is 5.68. The van der Waals surface area contributed by atoms with Gasteiger partial charge in [0, 0.05) is 0 Å². The normalized spacial score (nSPS) is 18.3. The minimum atomic E-state index is -0.480. The molecule has 1 aromatic heterocycles. The number of phenols is 1. The number of phenolic OH excluding ortho intramolecular Hbond substituents is 1. The van der Waals surface area contributed by atoms with E-state index in [2.05, 4.69) is 10.3 Å². The first kappa shape index (κ1) is 19.7. The van der Waals surface area contributed by atoms with E-state index >= 15 is 0 Å². The summed E-state index contributed by atoms with van der Waals surface area (Å²) in [7, 11) is 0. The molecular formula is C23H19N3O3S. The number of benzene rings is 2. The molecule has 2 N–H and O–H groups in total. The fourth-order valence-corrected chi connectivity index (χ4v) is 4.37. The number of ether oxygens (including phenoxy) is 1. The largest absolute Gasteiger partial charge is 0.503 e. The number of hydrogen-bond donors (Lipinski definition) is 2. The van der Waals surface area contributed by atoms with Gasteiger partial charge < -0.3 is 15.2 Å². The Hall–Kier alpha value is -3.63. The Morgan fingerprint density at radius 1 is 1.23 bits per heavy atom. The predicted octanol–water partition coefficient (Wildman–Crippen LogP) is 4.76. The number of aromatic hydroxyl groups is 1.